The number of hydrogen-bond donors (Lipinski definition) is 1. The lowest BCUT2D eigenvalue weighted by molar-refractivity contribution is -0.143. The third-order valence-electron chi connectivity index (χ3n) is 6.27. The van der Waals surface area contributed by atoms with Gasteiger partial charge in [0.2, 0.25) is 0 Å². The number of carboxylic acid groups (broad SMARTS) is 1. The lowest BCUT2D eigenvalue weighted by atomic mass is 9.73. The van der Waals surface area contributed by atoms with Crippen molar-refractivity contribution in [2.45, 2.75) is 64.7 Å². The van der Waals surface area contributed by atoms with Gasteiger partial charge in [-0.1, -0.05) is 42.6 Å². The molecule has 0 spiro atoms. The lowest BCUT2D eigenvalue weighted by Gasteiger charge is -2.30. The lowest BCUT2D eigenvalue weighted by Crippen LogP contribution is -2.34. The molecule has 0 saturated carbocycles. The molecule has 0 amide bonds. The summed E-state index contributed by atoms with van der Waals surface area (Å²) < 4.78 is 0. The van der Waals surface area contributed by atoms with Gasteiger partial charge in [0.1, 0.15) is 4.83 Å². The van der Waals surface area contributed by atoms with Gasteiger partial charge in [0.05, 0.1) is 15.5 Å². The molecule has 1 aliphatic carbocycles. The van der Waals surface area contributed by atoms with Gasteiger partial charge >= 0.3 is 5.97 Å². The Hall–Kier alpha value is -1.62. The van der Waals surface area contributed by atoms with Gasteiger partial charge in [-0.3, -0.25) is 4.79 Å². The number of thiophene rings is 1. The van der Waals surface area contributed by atoms with E-state index in [9.17, 15) is 9.90 Å². The summed E-state index contributed by atoms with van der Waals surface area (Å²) in [5, 5.41) is 12.4. The molecule has 30 heavy (non-hydrogen) atoms. The summed E-state index contributed by atoms with van der Waals surface area (Å²) in [5.41, 5.74) is 3.75. The Morgan fingerprint density at radius 3 is 2.63 bits per heavy atom. The predicted octanol–water partition coefficient (Wildman–Crippen LogP) is 7.60. The zero-order valence-corrected chi connectivity index (χ0v) is 19.8. The molecule has 0 fully saturated rings. The van der Waals surface area contributed by atoms with Crippen LogP contribution in [0.4, 0.5) is 0 Å². The molecule has 0 aliphatic heterocycles. The van der Waals surface area contributed by atoms with Crippen molar-refractivity contribution in [2.75, 3.05) is 0 Å². The van der Waals surface area contributed by atoms with Gasteiger partial charge in [0.15, 0.2) is 0 Å². The van der Waals surface area contributed by atoms with Gasteiger partial charge in [0, 0.05) is 16.0 Å². The number of carbonyl (C=O) groups is 1. The first-order valence-corrected chi connectivity index (χ1v) is 12.0. The molecule has 2 heterocycles. The number of rotatable bonds is 5. The highest BCUT2D eigenvalue weighted by atomic mass is 35.5. The van der Waals surface area contributed by atoms with Gasteiger partial charge in [-0.05, 0) is 80.3 Å². The summed E-state index contributed by atoms with van der Waals surface area (Å²) in [5.74, 6) is -0.820. The first kappa shape index (κ1) is 21.6. The van der Waals surface area contributed by atoms with E-state index in [1.807, 2.05) is 32.9 Å². The molecule has 4 rings (SSSR count). The molecule has 1 atom stereocenters. The molecule has 0 radical (unpaired) electrons. The van der Waals surface area contributed by atoms with Crippen LogP contribution in [-0.2, 0) is 23.1 Å². The maximum Gasteiger partial charge on any atom is 0.313 e. The zero-order chi connectivity index (χ0) is 21.6. The van der Waals surface area contributed by atoms with Gasteiger partial charge in [-0.15, -0.1) is 11.3 Å². The number of aryl methyl sites for hydroxylation is 3. The van der Waals surface area contributed by atoms with E-state index in [0.29, 0.717) is 16.5 Å². The highest BCUT2D eigenvalue weighted by molar-refractivity contribution is 7.19. The maximum absolute atomic E-state index is 12.6. The normalized spacial score (nSPS) is 15.8. The summed E-state index contributed by atoms with van der Waals surface area (Å²) in [4.78, 5) is 19.9. The number of halogens is 2. The second kappa shape index (κ2) is 8.14. The Bertz CT molecular complexity index is 1150. The molecule has 1 N–H and O–H groups in total. The fourth-order valence-corrected chi connectivity index (χ4v) is 6.47. The van der Waals surface area contributed by atoms with Crippen LogP contribution in [-0.4, -0.2) is 16.1 Å². The van der Waals surface area contributed by atoms with Gasteiger partial charge in [0.25, 0.3) is 0 Å². The van der Waals surface area contributed by atoms with Crippen molar-refractivity contribution in [3.05, 3.63) is 49.9 Å². The number of pyridine rings is 1. The van der Waals surface area contributed by atoms with Crippen LogP contribution in [0.5, 0.6) is 0 Å². The summed E-state index contributed by atoms with van der Waals surface area (Å²) in [6.07, 6.45) is 5.71. The number of aromatic nitrogens is 1. The van der Waals surface area contributed by atoms with E-state index in [-0.39, 0.29) is 0 Å². The van der Waals surface area contributed by atoms with Crippen LogP contribution in [0.25, 0.3) is 21.3 Å². The Morgan fingerprint density at radius 2 is 1.97 bits per heavy atom. The Balaban J connectivity index is 2.16. The molecular weight excluding hydrogens is 437 g/mol. The molecule has 3 nitrogen and oxygen atoms in total. The highest BCUT2D eigenvalue weighted by Gasteiger charge is 2.40. The SMILES string of the molecule is CCCC(C)(C(=O)O)c1c(C)nc2sc3c(c2c1-c1ccc(Cl)c(Cl)c1)CCCC3. The summed E-state index contributed by atoms with van der Waals surface area (Å²) >= 11 is 14.4. The van der Waals surface area contributed by atoms with Gasteiger partial charge < -0.3 is 5.11 Å². The van der Waals surface area contributed by atoms with Crippen LogP contribution < -0.4 is 0 Å². The minimum atomic E-state index is -1.04. The van der Waals surface area contributed by atoms with E-state index in [2.05, 4.69) is 0 Å². The van der Waals surface area contributed by atoms with Crippen LogP contribution in [0.3, 0.4) is 0 Å². The number of nitrogens with zero attached hydrogens (tertiary/aromatic N) is 1. The summed E-state index contributed by atoms with van der Waals surface area (Å²) in [6.45, 7) is 5.79. The molecule has 3 aromatic rings. The van der Waals surface area contributed by atoms with Crippen molar-refractivity contribution in [3.8, 4) is 11.1 Å². The minimum absolute atomic E-state index is 0.472. The third kappa shape index (κ3) is 3.43. The number of benzene rings is 1. The van der Waals surface area contributed by atoms with Crippen LogP contribution >= 0.6 is 34.5 Å². The molecule has 158 valence electrons. The van der Waals surface area contributed by atoms with Crippen molar-refractivity contribution in [3.63, 3.8) is 0 Å². The first-order chi connectivity index (χ1) is 14.3. The monoisotopic (exact) mass is 461 g/mol. The standard InChI is InChI=1S/C24H25Cl2NO2S/c1-4-11-24(3,23(28)29)21-13(2)27-22-20(15-7-5-6-8-18(15)30-22)19(21)14-9-10-16(25)17(26)12-14/h9-10,12H,4-8,11H2,1-3H3,(H,28,29). The molecule has 1 unspecified atom stereocenters. The van der Waals surface area contributed by atoms with Crippen molar-refractivity contribution >= 4 is 50.7 Å². The van der Waals surface area contributed by atoms with Crippen LogP contribution in [0.2, 0.25) is 10.0 Å². The van der Waals surface area contributed by atoms with E-state index in [1.165, 1.54) is 16.9 Å². The molecular formula is C24H25Cl2NO2S. The topological polar surface area (TPSA) is 50.2 Å². The van der Waals surface area contributed by atoms with E-state index < -0.39 is 11.4 Å². The zero-order valence-electron chi connectivity index (χ0n) is 17.4. The second-order valence-corrected chi connectivity index (χ2v) is 10.3. The van der Waals surface area contributed by atoms with E-state index in [0.717, 1.165) is 58.3 Å². The summed E-state index contributed by atoms with van der Waals surface area (Å²) in [7, 11) is 0. The molecule has 1 aliphatic rings. The third-order valence-corrected chi connectivity index (χ3v) is 8.19. The van der Waals surface area contributed by atoms with Crippen LogP contribution in [0, 0.1) is 6.92 Å². The van der Waals surface area contributed by atoms with E-state index >= 15 is 0 Å². The largest absolute Gasteiger partial charge is 0.481 e. The highest BCUT2D eigenvalue weighted by Crippen LogP contribution is 2.48. The quantitative estimate of drug-likeness (QED) is 0.425. The average Bonchev–Trinajstić information content (AvgIpc) is 3.06. The van der Waals surface area contributed by atoms with Crippen LogP contribution in [0.15, 0.2) is 18.2 Å². The average molecular weight is 462 g/mol. The number of fused-ring (bicyclic) bond motifs is 3. The fraction of sp³-hybridized carbons (Fsp3) is 0.417. The summed E-state index contributed by atoms with van der Waals surface area (Å²) in [6, 6.07) is 5.61. The molecule has 2 aromatic heterocycles. The molecule has 0 saturated heterocycles. The molecule has 1 aromatic carbocycles. The van der Waals surface area contributed by atoms with Crippen molar-refractivity contribution < 1.29 is 9.90 Å². The Morgan fingerprint density at radius 1 is 1.23 bits per heavy atom. The number of carboxylic acids is 1. The molecule has 0 bridgehead atoms. The molecule has 6 heteroatoms. The fourth-order valence-electron chi connectivity index (χ4n) is 4.86. The van der Waals surface area contributed by atoms with Crippen molar-refractivity contribution in [1.29, 1.82) is 0 Å². The minimum Gasteiger partial charge on any atom is -0.481 e. The maximum atomic E-state index is 12.6. The Labute approximate surface area is 191 Å². The van der Waals surface area contributed by atoms with E-state index in [1.54, 1.807) is 17.4 Å². The van der Waals surface area contributed by atoms with Crippen molar-refractivity contribution in [1.82, 2.24) is 4.98 Å². The number of hydrogen-bond acceptors (Lipinski definition) is 3. The van der Waals surface area contributed by atoms with Gasteiger partial charge in [-0.2, -0.15) is 0 Å². The van der Waals surface area contributed by atoms with E-state index in [4.69, 9.17) is 28.2 Å². The Kier molecular flexibility index (Phi) is 5.86. The van der Waals surface area contributed by atoms with Gasteiger partial charge in [-0.25, -0.2) is 4.98 Å². The second-order valence-electron chi connectivity index (χ2n) is 8.35. The smallest absolute Gasteiger partial charge is 0.313 e. The van der Waals surface area contributed by atoms with Crippen LogP contribution in [0.1, 0.15) is 61.2 Å². The first-order valence-electron chi connectivity index (χ1n) is 10.4. The number of aliphatic carboxylic acids is 1. The van der Waals surface area contributed by atoms with Crippen molar-refractivity contribution in [2.24, 2.45) is 0 Å². The predicted molar refractivity (Wildman–Crippen MR) is 126 cm³/mol.